The van der Waals surface area contributed by atoms with Crippen LogP contribution >= 0.6 is 0 Å². The second kappa shape index (κ2) is 10.2. The Labute approximate surface area is 65.9 Å². The van der Waals surface area contributed by atoms with Crippen LogP contribution in [0.4, 0.5) is 0 Å². The van der Waals surface area contributed by atoms with Crippen LogP contribution in [-0.2, 0) is 21.1 Å². The zero-order chi connectivity index (χ0) is 5.54. The van der Waals surface area contributed by atoms with Crippen molar-refractivity contribution in [2.45, 2.75) is 13.3 Å². The standard InChI is InChI=1S/C5H5.C2H5.Pt/c1-2-4-5-3-1;1-2;/h1-3H,4H2;1H2,2H3;/q2*-1;+2. The van der Waals surface area contributed by atoms with Crippen molar-refractivity contribution >= 4 is 0 Å². The second-order valence-electron chi connectivity index (χ2n) is 1.00. The molecule has 1 heteroatoms. The van der Waals surface area contributed by atoms with Gasteiger partial charge in [0.1, 0.15) is 0 Å². The zero-order valence-corrected chi connectivity index (χ0v) is 7.23. The molecule has 0 atom stereocenters. The smallest absolute Gasteiger partial charge is 0.346 e. The van der Waals surface area contributed by atoms with Crippen LogP contribution < -0.4 is 0 Å². The first-order valence-electron chi connectivity index (χ1n) is 2.42. The SMILES string of the molecule is [C-]1=CC=CC1.[CH2-]C.[Pt+2]. The van der Waals surface area contributed by atoms with Crippen molar-refractivity contribution in [3.8, 4) is 0 Å². The van der Waals surface area contributed by atoms with E-state index in [-0.39, 0.29) is 21.1 Å². The molecule has 1 aliphatic rings. The Hall–Kier alpha value is 0.168. The summed E-state index contributed by atoms with van der Waals surface area (Å²) in [5.74, 6) is 0. The van der Waals surface area contributed by atoms with E-state index < -0.39 is 0 Å². The van der Waals surface area contributed by atoms with Crippen LogP contribution in [0, 0.1) is 13.0 Å². The Balaban J connectivity index is 0. The van der Waals surface area contributed by atoms with E-state index in [1.54, 1.807) is 6.92 Å². The Kier molecular flexibility index (Phi) is 14.1. The fraction of sp³-hybridized carbons (Fsp3) is 0.286. The first kappa shape index (κ1) is 11.0. The molecular weight excluding hydrogens is 279 g/mol. The summed E-state index contributed by atoms with van der Waals surface area (Å²) in [6.07, 6.45) is 10.0. The maximum Gasteiger partial charge on any atom is 2.00 e. The Bertz CT molecular complexity index is 62.5. The molecule has 0 amide bonds. The van der Waals surface area contributed by atoms with Crippen molar-refractivity contribution in [1.82, 2.24) is 0 Å². The molecule has 0 saturated heterocycles. The summed E-state index contributed by atoms with van der Waals surface area (Å²) in [5, 5.41) is 0. The van der Waals surface area contributed by atoms with Gasteiger partial charge < -0.3 is 6.92 Å². The van der Waals surface area contributed by atoms with E-state index in [0.717, 1.165) is 6.42 Å². The minimum Gasteiger partial charge on any atom is -0.346 e. The second-order valence-corrected chi connectivity index (χ2v) is 1.00. The van der Waals surface area contributed by atoms with Crippen molar-refractivity contribution in [3.05, 3.63) is 31.2 Å². The molecule has 0 unspecified atom stereocenters. The monoisotopic (exact) mass is 289 g/mol. The molecule has 0 radical (unpaired) electrons. The van der Waals surface area contributed by atoms with E-state index in [9.17, 15) is 0 Å². The zero-order valence-electron chi connectivity index (χ0n) is 4.96. The van der Waals surface area contributed by atoms with Crippen LogP contribution in [0.1, 0.15) is 13.3 Å². The van der Waals surface area contributed by atoms with Crippen molar-refractivity contribution in [1.29, 1.82) is 0 Å². The summed E-state index contributed by atoms with van der Waals surface area (Å²) < 4.78 is 0. The first-order chi connectivity index (χ1) is 3.50. The van der Waals surface area contributed by atoms with Gasteiger partial charge in [-0.15, -0.1) is 6.42 Å². The van der Waals surface area contributed by atoms with Gasteiger partial charge in [-0.1, -0.05) is 0 Å². The molecule has 1 aliphatic carbocycles. The molecule has 0 N–H and O–H groups in total. The minimum absolute atomic E-state index is 0. The molecule has 0 spiro atoms. The Morgan fingerprint density at radius 3 is 2.25 bits per heavy atom. The number of rotatable bonds is 0. The van der Waals surface area contributed by atoms with Gasteiger partial charge in [0.05, 0.1) is 0 Å². The third-order valence-corrected chi connectivity index (χ3v) is 0.586. The first-order valence-corrected chi connectivity index (χ1v) is 2.42. The summed E-state index contributed by atoms with van der Waals surface area (Å²) in [4.78, 5) is 0. The maximum atomic E-state index is 3.25. The summed E-state index contributed by atoms with van der Waals surface area (Å²) in [6, 6.07) is 0. The van der Waals surface area contributed by atoms with Gasteiger partial charge in [-0.05, 0) is 0 Å². The average molecular weight is 289 g/mol. The molecule has 8 heavy (non-hydrogen) atoms. The van der Waals surface area contributed by atoms with E-state index in [4.69, 9.17) is 0 Å². The molecule has 0 nitrogen and oxygen atoms in total. The molecular formula is C7H10Pt. The molecule has 1 rings (SSSR count). The molecule has 0 heterocycles. The molecule has 0 aliphatic heterocycles. The van der Waals surface area contributed by atoms with Crippen molar-refractivity contribution in [2.24, 2.45) is 0 Å². The third kappa shape index (κ3) is 6.17. The van der Waals surface area contributed by atoms with Gasteiger partial charge in [0.2, 0.25) is 0 Å². The van der Waals surface area contributed by atoms with Gasteiger partial charge in [-0.2, -0.15) is 13.0 Å². The van der Waals surface area contributed by atoms with Crippen molar-refractivity contribution in [3.63, 3.8) is 0 Å². The molecule has 0 bridgehead atoms. The number of allylic oxidation sites excluding steroid dienone is 4. The molecule has 0 aromatic heterocycles. The summed E-state index contributed by atoms with van der Waals surface area (Å²) in [6.45, 7) is 5.00. The fourth-order valence-corrected chi connectivity index (χ4v) is 0.340. The van der Waals surface area contributed by atoms with Crippen LogP contribution in [0.5, 0.6) is 0 Å². The molecule has 0 saturated carbocycles. The number of hydrogen-bond donors (Lipinski definition) is 0. The Morgan fingerprint density at radius 2 is 2.12 bits per heavy atom. The van der Waals surface area contributed by atoms with Crippen LogP contribution in [0.15, 0.2) is 18.2 Å². The predicted molar refractivity (Wildman–Crippen MR) is 32.6 cm³/mol. The fourth-order valence-electron chi connectivity index (χ4n) is 0.340. The van der Waals surface area contributed by atoms with Crippen LogP contribution in [0.25, 0.3) is 0 Å². The number of hydrogen-bond acceptors (Lipinski definition) is 0. The average Bonchev–Trinajstić information content (AvgIpc) is 2.23. The molecule has 0 aromatic rings. The quantitative estimate of drug-likeness (QED) is 0.599. The largest absolute Gasteiger partial charge is 2.00 e. The van der Waals surface area contributed by atoms with Crippen LogP contribution in [0.2, 0.25) is 0 Å². The maximum absolute atomic E-state index is 3.25. The normalized spacial score (nSPS) is 11.8. The van der Waals surface area contributed by atoms with Crippen molar-refractivity contribution < 1.29 is 21.1 Å². The van der Waals surface area contributed by atoms with E-state index in [0.29, 0.717) is 0 Å². The predicted octanol–water partition coefficient (Wildman–Crippen LogP) is 2.14. The van der Waals surface area contributed by atoms with Gasteiger partial charge >= 0.3 is 21.1 Å². The Morgan fingerprint density at radius 1 is 1.50 bits per heavy atom. The van der Waals surface area contributed by atoms with E-state index in [1.807, 2.05) is 12.2 Å². The van der Waals surface area contributed by atoms with Crippen molar-refractivity contribution in [2.75, 3.05) is 0 Å². The summed E-state index contributed by atoms with van der Waals surface area (Å²) in [5.41, 5.74) is 0. The minimum atomic E-state index is 0. The van der Waals surface area contributed by atoms with Crippen LogP contribution in [0.3, 0.4) is 0 Å². The van der Waals surface area contributed by atoms with E-state index >= 15 is 0 Å². The topological polar surface area (TPSA) is 0 Å². The van der Waals surface area contributed by atoms with Gasteiger partial charge in [0, 0.05) is 0 Å². The van der Waals surface area contributed by atoms with E-state index in [2.05, 4.69) is 19.1 Å². The summed E-state index contributed by atoms with van der Waals surface area (Å²) in [7, 11) is 0. The van der Waals surface area contributed by atoms with E-state index in [1.165, 1.54) is 0 Å². The molecule has 0 aromatic carbocycles. The molecule has 48 valence electrons. The van der Waals surface area contributed by atoms with Crippen LogP contribution in [-0.4, -0.2) is 0 Å². The van der Waals surface area contributed by atoms with Gasteiger partial charge in [0.15, 0.2) is 0 Å². The molecule has 0 fully saturated rings. The van der Waals surface area contributed by atoms with Gasteiger partial charge in [-0.25, -0.2) is 12.2 Å². The third-order valence-electron chi connectivity index (χ3n) is 0.586. The van der Waals surface area contributed by atoms with Gasteiger partial charge in [-0.3, -0.25) is 6.08 Å². The summed E-state index contributed by atoms with van der Waals surface area (Å²) >= 11 is 0. The van der Waals surface area contributed by atoms with Gasteiger partial charge in [0.25, 0.3) is 0 Å².